The fraction of sp³-hybridized carbons (Fsp3) is 0.714. The van der Waals surface area contributed by atoms with Gasteiger partial charge >= 0.3 is 0 Å². The standard InChI is InChI=1S/C14H26N4O/c1-5-17(6-2)13-10-14(19)18(16-11-13)9-7-8-12(3)15-4/h10-12,15H,5-9H2,1-4H3. The van der Waals surface area contributed by atoms with Gasteiger partial charge in [0.25, 0.3) is 5.56 Å². The molecule has 0 saturated carbocycles. The van der Waals surface area contributed by atoms with Crippen LogP contribution in [-0.4, -0.2) is 36.0 Å². The van der Waals surface area contributed by atoms with Crippen molar-refractivity contribution < 1.29 is 0 Å². The molecule has 1 rings (SSSR count). The first-order valence-corrected chi connectivity index (χ1v) is 7.11. The number of rotatable bonds is 8. The molecule has 0 saturated heterocycles. The van der Waals surface area contributed by atoms with E-state index in [-0.39, 0.29) is 5.56 Å². The van der Waals surface area contributed by atoms with E-state index in [1.54, 1.807) is 16.9 Å². The Labute approximate surface area is 115 Å². The topological polar surface area (TPSA) is 50.2 Å². The van der Waals surface area contributed by atoms with Crippen molar-refractivity contribution in [3.05, 3.63) is 22.6 Å². The largest absolute Gasteiger partial charge is 0.371 e. The fourth-order valence-corrected chi connectivity index (χ4v) is 2.05. The SMILES string of the molecule is CCN(CC)c1cnn(CCCC(C)NC)c(=O)c1. The predicted molar refractivity (Wildman–Crippen MR) is 79.8 cm³/mol. The molecule has 1 atom stereocenters. The number of hydrogen-bond donors (Lipinski definition) is 1. The Morgan fingerprint density at radius 1 is 1.42 bits per heavy atom. The van der Waals surface area contributed by atoms with Crippen LogP contribution in [-0.2, 0) is 6.54 Å². The molecule has 1 heterocycles. The van der Waals surface area contributed by atoms with Crippen LogP contribution in [0.25, 0.3) is 0 Å². The number of aryl methyl sites for hydroxylation is 1. The highest BCUT2D eigenvalue weighted by Gasteiger charge is 2.06. The molecule has 1 unspecified atom stereocenters. The van der Waals surface area contributed by atoms with Crippen molar-refractivity contribution in [2.24, 2.45) is 0 Å². The first-order chi connectivity index (χ1) is 9.12. The van der Waals surface area contributed by atoms with Crippen molar-refractivity contribution in [2.45, 2.75) is 46.2 Å². The van der Waals surface area contributed by atoms with Crippen LogP contribution in [0.5, 0.6) is 0 Å². The van der Waals surface area contributed by atoms with E-state index in [2.05, 4.69) is 36.1 Å². The monoisotopic (exact) mass is 266 g/mol. The van der Waals surface area contributed by atoms with Crippen LogP contribution in [0.1, 0.15) is 33.6 Å². The van der Waals surface area contributed by atoms with Crippen molar-refractivity contribution in [3.63, 3.8) is 0 Å². The summed E-state index contributed by atoms with van der Waals surface area (Å²) in [6, 6.07) is 2.16. The Morgan fingerprint density at radius 3 is 2.63 bits per heavy atom. The van der Waals surface area contributed by atoms with Crippen LogP contribution in [0.4, 0.5) is 5.69 Å². The van der Waals surface area contributed by atoms with Crippen molar-refractivity contribution >= 4 is 5.69 Å². The van der Waals surface area contributed by atoms with Gasteiger partial charge in [-0.3, -0.25) is 4.79 Å². The van der Waals surface area contributed by atoms with E-state index >= 15 is 0 Å². The molecule has 0 fully saturated rings. The lowest BCUT2D eigenvalue weighted by molar-refractivity contribution is 0.476. The molecule has 5 nitrogen and oxygen atoms in total. The van der Waals surface area contributed by atoms with E-state index in [1.165, 1.54) is 0 Å². The molecular weight excluding hydrogens is 240 g/mol. The summed E-state index contributed by atoms with van der Waals surface area (Å²) in [5.74, 6) is 0. The minimum absolute atomic E-state index is 0.0125. The van der Waals surface area contributed by atoms with Gasteiger partial charge < -0.3 is 10.2 Å². The molecule has 0 amide bonds. The zero-order valence-electron chi connectivity index (χ0n) is 12.5. The van der Waals surface area contributed by atoms with Gasteiger partial charge in [-0.05, 0) is 40.7 Å². The lowest BCUT2D eigenvalue weighted by Crippen LogP contribution is -2.28. The second-order valence-electron chi connectivity index (χ2n) is 4.78. The van der Waals surface area contributed by atoms with Crippen LogP contribution in [0.2, 0.25) is 0 Å². The highest BCUT2D eigenvalue weighted by Crippen LogP contribution is 2.08. The van der Waals surface area contributed by atoms with Crippen LogP contribution >= 0.6 is 0 Å². The maximum atomic E-state index is 12.0. The molecule has 0 aromatic carbocycles. The Morgan fingerprint density at radius 2 is 2.11 bits per heavy atom. The molecule has 1 N–H and O–H groups in total. The van der Waals surface area contributed by atoms with Gasteiger partial charge in [0.15, 0.2) is 0 Å². The van der Waals surface area contributed by atoms with E-state index < -0.39 is 0 Å². The maximum Gasteiger partial charge on any atom is 0.268 e. The van der Waals surface area contributed by atoms with E-state index in [0.717, 1.165) is 31.6 Å². The van der Waals surface area contributed by atoms with Crippen LogP contribution in [0, 0.1) is 0 Å². The first-order valence-electron chi connectivity index (χ1n) is 7.11. The lowest BCUT2D eigenvalue weighted by Gasteiger charge is -2.20. The fourth-order valence-electron chi connectivity index (χ4n) is 2.05. The molecule has 0 aliphatic heterocycles. The van der Waals surface area contributed by atoms with Crippen molar-refractivity contribution in [3.8, 4) is 0 Å². The summed E-state index contributed by atoms with van der Waals surface area (Å²) in [6.07, 6.45) is 3.79. The van der Waals surface area contributed by atoms with Gasteiger partial charge in [-0.15, -0.1) is 0 Å². The van der Waals surface area contributed by atoms with E-state index in [9.17, 15) is 4.79 Å². The van der Waals surface area contributed by atoms with E-state index in [1.807, 2.05) is 7.05 Å². The minimum Gasteiger partial charge on any atom is -0.371 e. The summed E-state index contributed by atoms with van der Waals surface area (Å²) < 4.78 is 1.55. The summed E-state index contributed by atoms with van der Waals surface area (Å²) in [5.41, 5.74) is 0.899. The molecule has 0 aliphatic rings. The molecule has 19 heavy (non-hydrogen) atoms. The normalized spacial score (nSPS) is 12.4. The Kier molecular flexibility index (Phi) is 6.56. The third-order valence-corrected chi connectivity index (χ3v) is 3.48. The van der Waals surface area contributed by atoms with Gasteiger partial charge in [0, 0.05) is 31.7 Å². The zero-order valence-corrected chi connectivity index (χ0v) is 12.5. The van der Waals surface area contributed by atoms with Crippen LogP contribution in [0.15, 0.2) is 17.1 Å². The molecule has 0 bridgehead atoms. The molecule has 0 aliphatic carbocycles. The number of hydrogen-bond acceptors (Lipinski definition) is 4. The van der Waals surface area contributed by atoms with E-state index in [4.69, 9.17) is 0 Å². The van der Waals surface area contributed by atoms with Crippen molar-refractivity contribution in [1.29, 1.82) is 0 Å². The molecule has 0 radical (unpaired) electrons. The molecule has 1 aromatic rings. The summed E-state index contributed by atoms with van der Waals surface area (Å²) >= 11 is 0. The maximum absolute atomic E-state index is 12.0. The molecular formula is C14H26N4O. The third kappa shape index (κ3) is 4.67. The second-order valence-corrected chi connectivity index (χ2v) is 4.78. The first kappa shape index (κ1) is 15.7. The lowest BCUT2D eigenvalue weighted by atomic mass is 10.2. The third-order valence-electron chi connectivity index (χ3n) is 3.48. The highest BCUT2D eigenvalue weighted by atomic mass is 16.1. The van der Waals surface area contributed by atoms with Gasteiger partial charge in [-0.1, -0.05) is 0 Å². The minimum atomic E-state index is -0.0125. The number of nitrogens with one attached hydrogen (secondary N) is 1. The summed E-state index contributed by atoms with van der Waals surface area (Å²) in [7, 11) is 1.95. The molecule has 5 heteroatoms. The number of aromatic nitrogens is 2. The molecule has 1 aromatic heterocycles. The smallest absolute Gasteiger partial charge is 0.268 e. The predicted octanol–water partition coefficient (Wildman–Crippen LogP) is 1.48. The number of nitrogens with zero attached hydrogens (tertiary/aromatic N) is 3. The van der Waals surface area contributed by atoms with Gasteiger partial charge in [0.1, 0.15) is 0 Å². The quantitative estimate of drug-likeness (QED) is 0.774. The van der Waals surface area contributed by atoms with Gasteiger partial charge in [0.2, 0.25) is 0 Å². The second kappa shape index (κ2) is 7.94. The van der Waals surface area contributed by atoms with Gasteiger partial charge in [0.05, 0.1) is 11.9 Å². The van der Waals surface area contributed by atoms with Crippen LogP contribution < -0.4 is 15.8 Å². The summed E-state index contributed by atoms with van der Waals surface area (Å²) in [4.78, 5) is 14.1. The van der Waals surface area contributed by atoms with Gasteiger partial charge in [-0.2, -0.15) is 5.10 Å². The van der Waals surface area contributed by atoms with E-state index in [0.29, 0.717) is 12.6 Å². The summed E-state index contributed by atoms with van der Waals surface area (Å²) in [6.45, 7) is 8.76. The van der Waals surface area contributed by atoms with Crippen molar-refractivity contribution in [2.75, 3.05) is 25.0 Å². The molecule has 108 valence electrons. The van der Waals surface area contributed by atoms with Crippen molar-refractivity contribution in [1.82, 2.24) is 15.1 Å². The Hall–Kier alpha value is -1.36. The molecule has 0 spiro atoms. The Bertz CT molecular complexity index is 426. The summed E-state index contributed by atoms with van der Waals surface area (Å²) in [5, 5.41) is 7.45. The number of anilines is 1. The van der Waals surface area contributed by atoms with Gasteiger partial charge in [-0.25, -0.2) is 4.68 Å². The average molecular weight is 266 g/mol. The highest BCUT2D eigenvalue weighted by molar-refractivity contribution is 5.42. The van der Waals surface area contributed by atoms with Crippen LogP contribution in [0.3, 0.4) is 0 Å². The Balaban J connectivity index is 2.65. The zero-order chi connectivity index (χ0) is 14.3. The average Bonchev–Trinajstić information content (AvgIpc) is 2.42.